The van der Waals surface area contributed by atoms with E-state index in [1.165, 1.54) is 43.9 Å². The highest BCUT2D eigenvalue weighted by Gasteiger charge is 2.22. The Hall–Kier alpha value is -7.92. The zero-order chi connectivity index (χ0) is 83.3. The van der Waals surface area contributed by atoms with E-state index in [0.29, 0.717) is 91.6 Å². The van der Waals surface area contributed by atoms with Crippen molar-refractivity contribution in [1.82, 2.24) is 50.7 Å². The number of amides is 10. The Bertz CT molecular complexity index is 2700. The first-order valence-corrected chi connectivity index (χ1v) is 43.5. The summed E-state index contributed by atoms with van der Waals surface area (Å²) in [5, 5.41) is 11.2. The Morgan fingerprint density at radius 3 is 0.770 bits per heavy atom. The summed E-state index contributed by atoms with van der Waals surface area (Å²) < 4.78 is 9.93. The van der Waals surface area contributed by atoms with E-state index in [4.69, 9.17) is 9.47 Å². The van der Waals surface area contributed by atoms with Crippen molar-refractivity contribution in [2.24, 2.45) is 0 Å². The van der Waals surface area contributed by atoms with Gasteiger partial charge in [-0.3, -0.25) is 47.9 Å². The Morgan fingerprint density at radius 2 is 0.531 bits per heavy atom. The molecule has 6 aliphatic rings. The van der Waals surface area contributed by atoms with Gasteiger partial charge in [-0.05, 0) is 187 Å². The number of hydrogen-bond acceptors (Lipinski definition) is 14. The van der Waals surface area contributed by atoms with Crippen LogP contribution < -0.4 is 21.3 Å². The molecule has 6 aliphatic heterocycles. The Morgan fingerprint density at radius 1 is 0.292 bits per heavy atom. The summed E-state index contributed by atoms with van der Waals surface area (Å²) in [5.74, 6) is 0.935. The highest BCUT2D eigenvalue weighted by molar-refractivity contribution is 5.92. The van der Waals surface area contributed by atoms with Crippen LogP contribution in [0.5, 0.6) is 0 Å². The number of nitrogens with zero attached hydrogens (tertiary/aromatic N) is 6. The Balaban J connectivity index is 0.000000679. The minimum absolute atomic E-state index is 0.0554. The fraction of sp³-hybridized carbons (Fsp3) is 0.730. The molecule has 10 amide bonds. The molecule has 0 atom stereocenters. The van der Waals surface area contributed by atoms with Crippen molar-refractivity contribution >= 4 is 71.0 Å². The van der Waals surface area contributed by atoms with Gasteiger partial charge in [0.2, 0.25) is 59.1 Å². The predicted molar refractivity (Wildman–Crippen MR) is 452 cm³/mol. The van der Waals surface area contributed by atoms with Crippen LogP contribution in [0.2, 0.25) is 0 Å². The molecule has 6 saturated heterocycles. The number of nitrogens with one attached hydrogen (secondary N) is 4. The van der Waals surface area contributed by atoms with Crippen LogP contribution in [0, 0.1) is 0 Å². The fourth-order valence-corrected chi connectivity index (χ4v) is 13.4. The summed E-state index contributed by atoms with van der Waals surface area (Å²) in [6, 6.07) is 0. The SMILES string of the molecule is C=C(C)C(=O)NCCCCCCN1CCCC1=O.C=C(C)C(=O)NCCCCCCN1CCCCCC1=O.C=C(C)C(=O)OCCCCCCN1CCCCCC1=O.C=CC(=O)NCCCCCCN1CCCC1=O.C=CC(=O)NCCCCCCN1CCCCCC1=O.C=CC(=O)OCCCCCCN1CCCCCC1=O. The zero-order valence-corrected chi connectivity index (χ0v) is 70.7. The van der Waals surface area contributed by atoms with E-state index in [1.807, 2.05) is 29.4 Å². The maximum atomic E-state index is 11.8. The maximum Gasteiger partial charge on any atom is 0.333 e. The third-order valence-corrected chi connectivity index (χ3v) is 20.4. The fourth-order valence-electron chi connectivity index (χ4n) is 13.4. The molecule has 6 heterocycles. The predicted octanol–water partition coefficient (Wildman–Crippen LogP) is 14.0. The first-order chi connectivity index (χ1) is 54.5. The van der Waals surface area contributed by atoms with E-state index in [1.54, 1.807) is 20.8 Å². The van der Waals surface area contributed by atoms with Gasteiger partial charge in [0.1, 0.15) is 0 Å². The zero-order valence-electron chi connectivity index (χ0n) is 70.7. The molecule has 24 heteroatoms. The van der Waals surface area contributed by atoms with Crippen LogP contribution in [0.15, 0.2) is 74.4 Å². The average Bonchev–Trinajstić information content (AvgIpc) is 1.52. The lowest BCUT2D eigenvalue weighted by atomic mass is 10.2. The molecule has 4 N–H and O–H groups in total. The summed E-state index contributed by atoms with van der Waals surface area (Å²) in [7, 11) is 0. The van der Waals surface area contributed by atoms with Crippen LogP contribution >= 0.6 is 0 Å². The molecule has 0 unspecified atom stereocenters. The highest BCUT2D eigenvalue weighted by atomic mass is 16.5. The van der Waals surface area contributed by atoms with Gasteiger partial charge in [-0.15, -0.1) is 0 Å². The summed E-state index contributed by atoms with van der Waals surface area (Å²) >= 11 is 0. The van der Waals surface area contributed by atoms with Crippen molar-refractivity contribution in [3.8, 4) is 0 Å². The Kier molecular flexibility index (Phi) is 63.5. The number of hydrogen-bond donors (Lipinski definition) is 4. The van der Waals surface area contributed by atoms with Crippen LogP contribution in [0.4, 0.5) is 0 Å². The largest absolute Gasteiger partial charge is 0.463 e. The van der Waals surface area contributed by atoms with Crippen molar-refractivity contribution in [3.05, 3.63) is 74.4 Å². The summed E-state index contributed by atoms with van der Waals surface area (Å²) in [6.45, 7) is 40.7. The second kappa shape index (κ2) is 69.6. The van der Waals surface area contributed by atoms with Crippen LogP contribution in [0.3, 0.4) is 0 Å². The van der Waals surface area contributed by atoms with E-state index >= 15 is 0 Å². The molecule has 0 radical (unpaired) electrons. The molecule has 0 aliphatic carbocycles. The minimum atomic E-state index is -0.352. The first-order valence-electron chi connectivity index (χ1n) is 43.5. The standard InChI is InChI=1S/C16H28N2O2.C16H27NO3.C15H26N2O2.C15H25NO3.C14H24N2O2.C13H22N2O2/c1-14(2)16(20)17-11-7-3-4-8-12-18-13-9-5-6-10-15(18)19;1-14(2)16(19)20-13-9-4-3-7-11-17-12-8-5-6-10-15(17)18;1-2-14(18)16-11-7-3-4-8-12-17-13-9-5-6-10-15(17)19;1-2-15(18)19-13-9-4-3-7-11-16-12-8-5-6-10-14(16)17;1-12(2)14(18)15-9-5-3-4-6-10-16-11-7-8-13(16)17;1-2-12(16)14-9-5-3-4-6-10-15-11-7-8-13(15)17/h1,3-13H2,2H3,(H,17,20);1,3-13H2,2H3;2H,1,3-13H2,(H,16,18);2H,1,3-13H2;1,3-11H2,2H3,(H,15,18);2H,1,3-11H2,(H,14,16). The van der Waals surface area contributed by atoms with Gasteiger partial charge in [-0.1, -0.05) is 129 Å². The molecular formula is C89H152N10O14. The second-order valence-electron chi connectivity index (χ2n) is 30.6. The molecule has 0 aromatic rings. The molecule has 0 aromatic carbocycles. The number of carbonyl (C=O) groups excluding carboxylic acids is 12. The first kappa shape index (κ1) is 103. The number of ether oxygens (including phenoxy) is 2. The monoisotopic (exact) mass is 1590 g/mol. The molecule has 642 valence electrons. The Labute approximate surface area is 681 Å². The number of carbonyl (C=O) groups is 12. The van der Waals surface area contributed by atoms with Gasteiger partial charge in [0, 0.05) is 166 Å². The van der Waals surface area contributed by atoms with Gasteiger partial charge in [-0.2, -0.15) is 0 Å². The smallest absolute Gasteiger partial charge is 0.333 e. The van der Waals surface area contributed by atoms with Crippen molar-refractivity contribution in [3.63, 3.8) is 0 Å². The molecule has 0 bridgehead atoms. The minimum Gasteiger partial charge on any atom is -0.463 e. The van der Waals surface area contributed by atoms with Crippen molar-refractivity contribution < 1.29 is 67.0 Å². The number of esters is 2. The summed E-state index contributed by atoms with van der Waals surface area (Å²) in [5.41, 5.74) is 1.57. The van der Waals surface area contributed by atoms with E-state index in [-0.39, 0.29) is 35.6 Å². The molecule has 0 spiro atoms. The quantitative estimate of drug-likeness (QED) is 0.0250. The van der Waals surface area contributed by atoms with E-state index < -0.39 is 0 Å². The third-order valence-electron chi connectivity index (χ3n) is 20.4. The lowest BCUT2D eigenvalue weighted by Crippen LogP contribution is -2.31. The van der Waals surface area contributed by atoms with Crippen LogP contribution in [0.1, 0.15) is 303 Å². The van der Waals surface area contributed by atoms with Crippen molar-refractivity contribution in [2.75, 3.05) is 118 Å². The van der Waals surface area contributed by atoms with Crippen molar-refractivity contribution in [2.45, 2.75) is 303 Å². The number of unbranched alkanes of at least 4 members (excludes halogenated alkanes) is 18. The number of rotatable bonds is 48. The van der Waals surface area contributed by atoms with Gasteiger partial charge >= 0.3 is 11.9 Å². The summed E-state index contributed by atoms with van der Waals surface area (Å²) in [6.07, 6.45) is 48.9. The molecule has 0 saturated carbocycles. The topological polar surface area (TPSA) is 291 Å². The molecule has 6 rings (SSSR count). The molecule has 6 fully saturated rings. The third kappa shape index (κ3) is 56.9. The van der Waals surface area contributed by atoms with E-state index in [0.717, 1.165) is 335 Å². The van der Waals surface area contributed by atoms with Crippen LogP contribution in [-0.4, -0.2) is 218 Å². The lowest BCUT2D eigenvalue weighted by molar-refractivity contribution is -0.139. The van der Waals surface area contributed by atoms with Crippen molar-refractivity contribution in [1.29, 1.82) is 0 Å². The van der Waals surface area contributed by atoms with Gasteiger partial charge in [0.05, 0.1) is 13.2 Å². The van der Waals surface area contributed by atoms with Crippen LogP contribution in [-0.2, 0) is 67.0 Å². The summed E-state index contributed by atoms with van der Waals surface area (Å²) in [4.78, 5) is 148. The van der Waals surface area contributed by atoms with Gasteiger partial charge in [-0.25, -0.2) is 9.59 Å². The van der Waals surface area contributed by atoms with Crippen LogP contribution in [0.25, 0.3) is 0 Å². The maximum absolute atomic E-state index is 11.8. The normalized spacial score (nSPS) is 15.6. The average molecular weight is 1590 g/mol. The molecule has 24 nitrogen and oxygen atoms in total. The van der Waals surface area contributed by atoms with Gasteiger partial charge in [0.25, 0.3) is 0 Å². The lowest BCUT2D eigenvalue weighted by Gasteiger charge is -2.20. The molecule has 0 aromatic heterocycles. The van der Waals surface area contributed by atoms with E-state index in [9.17, 15) is 57.5 Å². The van der Waals surface area contributed by atoms with E-state index in [2.05, 4.69) is 60.7 Å². The van der Waals surface area contributed by atoms with Gasteiger partial charge < -0.3 is 60.1 Å². The van der Waals surface area contributed by atoms with Gasteiger partial charge in [0.15, 0.2) is 0 Å². The number of likely N-dealkylation sites (tertiary alicyclic amines) is 6. The highest BCUT2D eigenvalue weighted by Crippen LogP contribution is 2.19. The second-order valence-corrected chi connectivity index (χ2v) is 30.6. The molecule has 113 heavy (non-hydrogen) atoms. The molecular weight excluding hydrogens is 1430 g/mol.